The van der Waals surface area contributed by atoms with Gasteiger partial charge in [0.05, 0.1) is 20.3 Å². The zero-order valence-corrected chi connectivity index (χ0v) is 10.2. The lowest BCUT2D eigenvalue weighted by atomic mass is 10.3. The van der Waals surface area contributed by atoms with Crippen molar-refractivity contribution in [2.45, 2.75) is 0 Å². The first-order valence-electron chi connectivity index (χ1n) is 5.40. The number of amides is 1. The smallest absolute Gasteiger partial charge is 0.239 e. The molecule has 0 radical (unpaired) electrons. The largest absolute Gasteiger partial charge is 0.497 e. The second kappa shape index (κ2) is 7.51. The van der Waals surface area contributed by atoms with Crippen LogP contribution >= 0.6 is 0 Å². The molecule has 5 nitrogen and oxygen atoms in total. The van der Waals surface area contributed by atoms with Crippen LogP contribution in [0.25, 0.3) is 0 Å². The molecule has 94 valence electrons. The van der Waals surface area contributed by atoms with E-state index in [1.165, 1.54) is 0 Å². The van der Waals surface area contributed by atoms with Crippen molar-refractivity contribution in [1.82, 2.24) is 5.32 Å². The van der Waals surface area contributed by atoms with Crippen molar-refractivity contribution < 1.29 is 14.3 Å². The van der Waals surface area contributed by atoms with Crippen molar-refractivity contribution in [2.24, 2.45) is 0 Å². The van der Waals surface area contributed by atoms with E-state index in [1.807, 2.05) is 24.3 Å². The summed E-state index contributed by atoms with van der Waals surface area (Å²) in [7, 11) is 3.22. The van der Waals surface area contributed by atoms with Crippen LogP contribution in [0.5, 0.6) is 5.75 Å². The third-order valence-electron chi connectivity index (χ3n) is 2.17. The summed E-state index contributed by atoms with van der Waals surface area (Å²) in [6.45, 7) is 1.30. The monoisotopic (exact) mass is 238 g/mol. The Hall–Kier alpha value is -1.75. The van der Waals surface area contributed by atoms with Crippen LogP contribution < -0.4 is 15.4 Å². The number of hydrogen-bond acceptors (Lipinski definition) is 4. The lowest BCUT2D eigenvalue weighted by Crippen LogP contribution is -2.32. The zero-order valence-electron chi connectivity index (χ0n) is 10.2. The highest BCUT2D eigenvalue weighted by Crippen LogP contribution is 2.14. The van der Waals surface area contributed by atoms with E-state index in [4.69, 9.17) is 9.47 Å². The number of nitrogens with one attached hydrogen (secondary N) is 2. The maximum atomic E-state index is 11.4. The van der Waals surface area contributed by atoms with Gasteiger partial charge in [0.15, 0.2) is 0 Å². The van der Waals surface area contributed by atoms with E-state index in [1.54, 1.807) is 14.2 Å². The first kappa shape index (κ1) is 13.3. The van der Waals surface area contributed by atoms with Crippen molar-refractivity contribution in [2.75, 3.05) is 39.2 Å². The Morgan fingerprint density at radius 2 is 1.94 bits per heavy atom. The number of carbonyl (C=O) groups excluding carboxylic acids is 1. The molecular weight excluding hydrogens is 220 g/mol. The maximum Gasteiger partial charge on any atom is 0.239 e. The van der Waals surface area contributed by atoms with E-state index in [0.29, 0.717) is 13.2 Å². The zero-order chi connectivity index (χ0) is 12.5. The molecule has 0 fully saturated rings. The highest BCUT2D eigenvalue weighted by Gasteiger charge is 2.00. The molecule has 0 aliphatic carbocycles. The van der Waals surface area contributed by atoms with E-state index >= 15 is 0 Å². The molecule has 0 unspecified atom stereocenters. The topological polar surface area (TPSA) is 59.6 Å². The Kier molecular flexibility index (Phi) is 5.88. The van der Waals surface area contributed by atoms with Crippen LogP contribution in [0.15, 0.2) is 24.3 Å². The summed E-state index contributed by atoms with van der Waals surface area (Å²) in [6.07, 6.45) is 0. The third kappa shape index (κ3) is 5.21. The van der Waals surface area contributed by atoms with E-state index < -0.39 is 0 Å². The molecule has 1 aromatic rings. The summed E-state index contributed by atoms with van der Waals surface area (Å²) in [6, 6.07) is 7.40. The number of anilines is 1. The fourth-order valence-electron chi connectivity index (χ4n) is 1.25. The molecule has 0 heterocycles. The molecule has 0 aliphatic heterocycles. The first-order chi connectivity index (χ1) is 8.26. The van der Waals surface area contributed by atoms with Gasteiger partial charge in [0.2, 0.25) is 5.91 Å². The molecule has 0 aromatic heterocycles. The van der Waals surface area contributed by atoms with E-state index in [2.05, 4.69) is 10.6 Å². The number of carbonyl (C=O) groups is 1. The van der Waals surface area contributed by atoms with Crippen molar-refractivity contribution >= 4 is 11.6 Å². The van der Waals surface area contributed by atoms with Gasteiger partial charge in [0.1, 0.15) is 5.75 Å². The van der Waals surface area contributed by atoms with Gasteiger partial charge >= 0.3 is 0 Å². The summed E-state index contributed by atoms with van der Waals surface area (Å²) in [5.41, 5.74) is 0.882. The lowest BCUT2D eigenvalue weighted by Gasteiger charge is -2.08. The molecule has 5 heteroatoms. The third-order valence-corrected chi connectivity index (χ3v) is 2.17. The second-order valence-corrected chi connectivity index (χ2v) is 3.42. The average molecular weight is 238 g/mol. The Morgan fingerprint density at radius 3 is 2.53 bits per heavy atom. The average Bonchev–Trinajstić information content (AvgIpc) is 2.37. The molecule has 1 rings (SSSR count). The maximum absolute atomic E-state index is 11.4. The predicted molar refractivity (Wildman–Crippen MR) is 66.4 cm³/mol. The van der Waals surface area contributed by atoms with Crippen LogP contribution in [0.1, 0.15) is 0 Å². The molecule has 1 aromatic carbocycles. The van der Waals surface area contributed by atoms with Gasteiger partial charge in [-0.2, -0.15) is 0 Å². The number of hydrogen-bond donors (Lipinski definition) is 2. The molecule has 0 spiro atoms. The minimum Gasteiger partial charge on any atom is -0.497 e. The standard InChI is InChI=1S/C12H18N2O3/c1-16-8-7-13-12(15)9-14-10-3-5-11(17-2)6-4-10/h3-6,14H,7-9H2,1-2H3,(H,13,15). The van der Waals surface area contributed by atoms with Crippen LogP contribution in [0.3, 0.4) is 0 Å². The highest BCUT2D eigenvalue weighted by atomic mass is 16.5. The van der Waals surface area contributed by atoms with Crippen LogP contribution in [0, 0.1) is 0 Å². The minimum absolute atomic E-state index is 0.0575. The Balaban J connectivity index is 2.27. The van der Waals surface area contributed by atoms with Gasteiger partial charge in [-0.15, -0.1) is 0 Å². The first-order valence-corrected chi connectivity index (χ1v) is 5.40. The van der Waals surface area contributed by atoms with Gasteiger partial charge in [0, 0.05) is 19.3 Å². The quantitative estimate of drug-likeness (QED) is 0.692. The molecule has 17 heavy (non-hydrogen) atoms. The number of ether oxygens (including phenoxy) is 2. The molecular formula is C12H18N2O3. The molecule has 0 bridgehead atoms. The summed E-state index contributed by atoms with van der Waals surface area (Å²) < 4.78 is 9.87. The Labute approximate surface area is 101 Å². The van der Waals surface area contributed by atoms with E-state index in [-0.39, 0.29) is 12.5 Å². The number of rotatable bonds is 7. The molecule has 0 atom stereocenters. The van der Waals surface area contributed by atoms with Gasteiger partial charge in [-0.3, -0.25) is 4.79 Å². The van der Waals surface area contributed by atoms with E-state index in [0.717, 1.165) is 11.4 Å². The summed E-state index contributed by atoms with van der Waals surface area (Å²) in [5, 5.41) is 5.74. The summed E-state index contributed by atoms with van der Waals surface area (Å²) >= 11 is 0. The Morgan fingerprint density at radius 1 is 1.24 bits per heavy atom. The summed E-state index contributed by atoms with van der Waals surface area (Å²) in [5.74, 6) is 0.734. The van der Waals surface area contributed by atoms with Gasteiger partial charge in [-0.25, -0.2) is 0 Å². The van der Waals surface area contributed by atoms with Crippen molar-refractivity contribution in [3.63, 3.8) is 0 Å². The predicted octanol–water partition coefficient (Wildman–Crippen LogP) is 0.870. The lowest BCUT2D eigenvalue weighted by molar-refractivity contribution is -0.119. The van der Waals surface area contributed by atoms with Gasteiger partial charge in [-0.05, 0) is 24.3 Å². The van der Waals surface area contributed by atoms with Crippen LogP contribution in [0.4, 0.5) is 5.69 Å². The number of benzene rings is 1. The van der Waals surface area contributed by atoms with Gasteiger partial charge in [-0.1, -0.05) is 0 Å². The van der Waals surface area contributed by atoms with Crippen LogP contribution in [-0.4, -0.2) is 39.8 Å². The van der Waals surface area contributed by atoms with Gasteiger partial charge in [0.25, 0.3) is 0 Å². The van der Waals surface area contributed by atoms with Crippen molar-refractivity contribution in [3.05, 3.63) is 24.3 Å². The summed E-state index contributed by atoms with van der Waals surface area (Å²) in [4.78, 5) is 11.4. The fraction of sp³-hybridized carbons (Fsp3) is 0.417. The normalized spacial score (nSPS) is 9.76. The molecule has 0 saturated carbocycles. The molecule has 1 amide bonds. The molecule has 0 aliphatic rings. The molecule has 2 N–H and O–H groups in total. The van der Waals surface area contributed by atoms with Gasteiger partial charge < -0.3 is 20.1 Å². The molecule has 0 saturated heterocycles. The fourth-order valence-corrected chi connectivity index (χ4v) is 1.25. The minimum atomic E-state index is -0.0575. The highest BCUT2D eigenvalue weighted by molar-refractivity contribution is 5.80. The van der Waals surface area contributed by atoms with Crippen LogP contribution in [-0.2, 0) is 9.53 Å². The van der Waals surface area contributed by atoms with E-state index in [9.17, 15) is 4.79 Å². The SMILES string of the molecule is COCCNC(=O)CNc1ccc(OC)cc1. The van der Waals surface area contributed by atoms with Crippen molar-refractivity contribution in [1.29, 1.82) is 0 Å². The second-order valence-electron chi connectivity index (χ2n) is 3.42. The van der Waals surface area contributed by atoms with Crippen molar-refractivity contribution in [3.8, 4) is 5.75 Å². The Bertz CT molecular complexity index is 338. The number of methoxy groups -OCH3 is 2. The van der Waals surface area contributed by atoms with Crippen LogP contribution in [0.2, 0.25) is 0 Å².